The standard InChI is InChI=1S/C24H34FN5O2/c1-4-6-18(5-2)23(31)28-15-17-7-8-19(13-17)29-9-11-30(12-10-29)20-14-21(25)22(27-16-20)24(32)26-3/h4,6,14,16-17,19H,1,5,7-13,15H2,2-3H3,(H,26,32)(H,28,31)/b18-6-/t17-,19+/m1/s1. The Morgan fingerprint density at radius 2 is 2.03 bits per heavy atom. The van der Waals surface area contributed by atoms with Gasteiger partial charge in [0.1, 0.15) is 0 Å². The van der Waals surface area contributed by atoms with Gasteiger partial charge >= 0.3 is 0 Å². The van der Waals surface area contributed by atoms with Crippen molar-refractivity contribution < 1.29 is 14.0 Å². The highest BCUT2D eigenvalue weighted by Crippen LogP contribution is 2.30. The molecule has 174 valence electrons. The molecular weight excluding hydrogens is 409 g/mol. The van der Waals surface area contributed by atoms with Crippen LogP contribution in [0.3, 0.4) is 0 Å². The van der Waals surface area contributed by atoms with Crippen LogP contribution in [0.1, 0.15) is 43.1 Å². The predicted octanol–water partition coefficient (Wildman–Crippen LogP) is 2.51. The van der Waals surface area contributed by atoms with Crippen LogP contribution >= 0.6 is 0 Å². The topological polar surface area (TPSA) is 77.6 Å². The molecule has 2 heterocycles. The van der Waals surface area contributed by atoms with Crippen molar-refractivity contribution in [3.63, 3.8) is 0 Å². The molecule has 32 heavy (non-hydrogen) atoms. The van der Waals surface area contributed by atoms with Crippen molar-refractivity contribution in [2.45, 2.75) is 38.6 Å². The molecule has 1 aromatic rings. The maximum Gasteiger partial charge on any atom is 0.272 e. The van der Waals surface area contributed by atoms with Gasteiger partial charge in [0.15, 0.2) is 11.5 Å². The number of carbonyl (C=O) groups is 2. The fraction of sp³-hybridized carbons (Fsp3) is 0.542. The molecule has 2 atom stereocenters. The van der Waals surface area contributed by atoms with E-state index in [9.17, 15) is 14.0 Å². The molecule has 0 radical (unpaired) electrons. The van der Waals surface area contributed by atoms with Gasteiger partial charge in [-0.1, -0.05) is 25.7 Å². The summed E-state index contributed by atoms with van der Waals surface area (Å²) >= 11 is 0. The van der Waals surface area contributed by atoms with Gasteiger partial charge in [-0.05, 0) is 31.6 Å². The minimum atomic E-state index is -0.598. The van der Waals surface area contributed by atoms with Crippen molar-refractivity contribution in [1.82, 2.24) is 20.5 Å². The Morgan fingerprint density at radius 1 is 1.28 bits per heavy atom. The second kappa shape index (κ2) is 11.2. The summed E-state index contributed by atoms with van der Waals surface area (Å²) in [5, 5.41) is 5.48. The lowest BCUT2D eigenvalue weighted by Gasteiger charge is -2.39. The van der Waals surface area contributed by atoms with E-state index in [2.05, 4.69) is 32.0 Å². The summed E-state index contributed by atoms with van der Waals surface area (Å²) in [6, 6.07) is 1.92. The van der Waals surface area contributed by atoms with Gasteiger partial charge < -0.3 is 15.5 Å². The van der Waals surface area contributed by atoms with E-state index in [0.29, 0.717) is 30.6 Å². The molecule has 8 heteroatoms. The third kappa shape index (κ3) is 5.73. The normalized spacial score (nSPS) is 22.0. The summed E-state index contributed by atoms with van der Waals surface area (Å²) in [6.07, 6.45) is 9.05. The molecule has 0 unspecified atom stereocenters. The highest BCUT2D eigenvalue weighted by molar-refractivity contribution is 5.93. The summed E-state index contributed by atoms with van der Waals surface area (Å²) in [7, 11) is 1.46. The van der Waals surface area contributed by atoms with Crippen LogP contribution in [0.15, 0.2) is 36.6 Å². The van der Waals surface area contributed by atoms with Gasteiger partial charge in [-0.3, -0.25) is 14.5 Å². The van der Waals surface area contributed by atoms with Crippen LogP contribution in [0.5, 0.6) is 0 Å². The molecule has 3 rings (SSSR count). The van der Waals surface area contributed by atoms with Crippen molar-refractivity contribution >= 4 is 17.5 Å². The summed E-state index contributed by atoms with van der Waals surface area (Å²) in [5.74, 6) is -0.611. The first kappa shape index (κ1) is 23.9. The zero-order chi connectivity index (χ0) is 23.1. The van der Waals surface area contributed by atoms with Crippen LogP contribution in [0.4, 0.5) is 10.1 Å². The number of amides is 2. The third-order valence-corrected chi connectivity index (χ3v) is 6.52. The zero-order valence-corrected chi connectivity index (χ0v) is 19.1. The molecule has 1 saturated carbocycles. The van der Waals surface area contributed by atoms with E-state index >= 15 is 0 Å². The van der Waals surface area contributed by atoms with Crippen LogP contribution in [0, 0.1) is 11.7 Å². The number of aromatic nitrogens is 1. The molecule has 0 spiro atoms. The number of allylic oxidation sites excluding steroid dienone is 2. The van der Waals surface area contributed by atoms with Gasteiger partial charge in [0, 0.05) is 57.5 Å². The number of hydrogen-bond acceptors (Lipinski definition) is 5. The SMILES string of the molecule is C=C/C=C(/CC)C(=O)NC[C@@H]1CC[C@H](N2CCN(c3cnc(C(=O)NC)c(F)c3)CC2)C1. The molecule has 2 amide bonds. The van der Waals surface area contributed by atoms with Gasteiger partial charge in [0.2, 0.25) is 5.91 Å². The summed E-state index contributed by atoms with van der Waals surface area (Å²) in [4.78, 5) is 32.5. The first-order chi connectivity index (χ1) is 15.5. The molecular formula is C24H34FN5O2. The minimum absolute atomic E-state index is 0.00717. The number of halogens is 1. The van der Waals surface area contributed by atoms with E-state index in [1.54, 1.807) is 18.3 Å². The van der Waals surface area contributed by atoms with Gasteiger partial charge in [-0.15, -0.1) is 0 Å². The number of piperazine rings is 1. The van der Waals surface area contributed by atoms with Crippen LogP contribution < -0.4 is 15.5 Å². The second-order valence-corrected chi connectivity index (χ2v) is 8.45. The second-order valence-electron chi connectivity index (χ2n) is 8.45. The Hall–Kier alpha value is -2.74. The Morgan fingerprint density at radius 3 is 2.66 bits per heavy atom. The number of nitrogens with zero attached hydrogens (tertiary/aromatic N) is 3. The van der Waals surface area contributed by atoms with E-state index in [1.807, 2.05) is 6.92 Å². The molecule has 7 nitrogen and oxygen atoms in total. The Labute approximate surface area is 189 Å². The molecule has 2 N–H and O–H groups in total. The van der Waals surface area contributed by atoms with E-state index in [4.69, 9.17) is 0 Å². The maximum atomic E-state index is 14.3. The summed E-state index contributed by atoms with van der Waals surface area (Å²) < 4.78 is 14.3. The Bertz CT molecular complexity index is 864. The van der Waals surface area contributed by atoms with Crippen LogP contribution in [-0.2, 0) is 4.79 Å². The maximum absolute atomic E-state index is 14.3. The van der Waals surface area contributed by atoms with E-state index in [1.165, 1.54) is 13.1 Å². The molecule has 0 bridgehead atoms. The number of anilines is 1. The largest absolute Gasteiger partial charge is 0.368 e. The first-order valence-corrected chi connectivity index (χ1v) is 11.4. The fourth-order valence-corrected chi connectivity index (χ4v) is 4.64. The van der Waals surface area contributed by atoms with Gasteiger partial charge in [0.05, 0.1) is 11.9 Å². The zero-order valence-electron chi connectivity index (χ0n) is 19.1. The number of carbonyl (C=O) groups excluding carboxylic acids is 2. The molecule has 2 fully saturated rings. The van der Waals surface area contributed by atoms with E-state index in [0.717, 1.165) is 51.0 Å². The van der Waals surface area contributed by atoms with Crippen molar-refractivity contribution in [2.75, 3.05) is 44.7 Å². The van der Waals surface area contributed by atoms with Crippen molar-refractivity contribution in [3.8, 4) is 0 Å². The van der Waals surface area contributed by atoms with Crippen molar-refractivity contribution in [3.05, 3.63) is 48.1 Å². The average Bonchev–Trinajstić information content (AvgIpc) is 3.29. The van der Waals surface area contributed by atoms with Crippen molar-refractivity contribution in [2.24, 2.45) is 5.92 Å². The number of pyridine rings is 1. The van der Waals surface area contributed by atoms with Crippen LogP contribution in [0.25, 0.3) is 0 Å². The molecule has 1 saturated heterocycles. The van der Waals surface area contributed by atoms with Crippen LogP contribution in [0.2, 0.25) is 0 Å². The molecule has 1 aliphatic carbocycles. The summed E-state index contributed by atoms with van der Waals surface area (Å²) in [5.41, 5.74) is 1.30. The monoisotopic (exact) mass is 443 g/mol. The highest BCUT2D eigenvalue weighted by atomic mass is 19.1. The van der Waals surface area contributed by atoms with Gasteiger partial charge in [-0.2, -0.15) is 0 Å². The molecule has 1 aliphatic heterocycles. The van der Waals surface area contributed by atoms with E-state index < -0.39 is 11.7 Å². The van der Waals surface area contributed by atoms with Crippen molar-refractivity contribution in [1.29, 1.82) is 0 Å². The minimum Gasteiger partial charge on any atom is -0.368 e. The number of hydrogen-bond donors (Lipinski definition) is 2. The van der Waals surface area contributed by atoms with E-state index in [-0.39, 0.29) is 11.6 Å². The lowest BCUT2D eigenvalue weighted by atomic mass is 10.1. The highest BCUT2D eigenvalue weighted by Gasteiger charge is 2.31. The van der Waals surface area contributed by atoms with Gasteiger partial charge in [0.25, 0.3) is 5.91 Å². The average molecular weight is 444 g/mol. The molecule has 1 aromatic heterocycles. The Balaban J connectivity index is 1.46. The predicted molar refractivity (Wildman–Crippen MR) is 124 cm³/mol. The lowest BCUT2D eigenvalue weighted by molar-refractivity contribution is -0.117. The number of nitrogens with one attached hydrogen (secondary N) is 2. The lowest BCUT2D eigenvalue weighted by Crippen LogP contribution is -2.50. The number of rotatable bonds is 8. The molecule has 0 aromatic carbocycles. The summed E-state index contributed by atoms with van der Waals surface area (Å²) in [6.45, 7) is 9.76. The quantitative estimate of drug-likeness (QED) is 0.477. The Kier molecular flexibility index (Phi) is 8.39. The smallest absolute Gasteiger partial charge is 0.272 e. The third-order valence-electron chi connectivity index (χ3n) is 6.52. The first-order valence-electron chi connectivity index (χ1n) is 11.4. The fourth-order valence-electron chi connectivity index (χ4n) is 4.64. The molecule has 2 aliphatic rings. The van der Waals surface area contributed by atoms with Crippen LogP contribution in [-0.4, -0.2) is 67.5 Å². The van der Waals surface area contributed by atoms with Gasteiger partial charge in [-0.25, -0.2) is 9.37 Å².